The quantitative estimate of drug-likeness (QED) is 0.172. The number of non-ortho nitro benzene ring substituents is 1. The van der Waals surface area contributed by atoms with Crippen molar-refractivity contribution in [3.8, 4) is 11.5 Å². The van der Waals surface area contributed by atoms with E-state index in [1.54, 1.807) is 24.3 Å². The number of halogens is 2. The van der Waals surface area contributed by atoms with Crippen molar-refractivity contribution in [3.63, 3.8) is 0 Å². The molecule has 3 aromatic carbocycles. The lowest BCUT2D eigenvalue weighted by atomic mass is 10.2. The summed E-state index contributed by atoms with van der Waals surface area (Å²) in [5.74, 6) is 1.12. The molecule has 0 saturated carbocycles. The lowest BCUT2D eigenvalue weighted by Crippen LogP contribution is -2.01. The summed E-state index contributed by atoms with van der Waals surface area (Å²) in [5.41, 5.74) is 2.24. The van der Waals surface area contributed by atoms with E-state index in [-0.39, 0.29) is 12.3 Å². The summed E-state index contributed by atoms with van der Waals surface area (Å²) in [7, 11) is 0. The molecule has 0 aliphatic carbocycles. The predicted octanol–water partition coefficient (Wildman–Crippen LogP) is 6.54. The van der Waals surface area contributed by atoms with Crippen molar-refractivity contribution in [1.82, 2.24) is 0 Å². The van der Waals surface area contributed by atoms with Crippen molar-refractivity contribution in [2.45, 2.75) is 20.1 Å². The molecule has 0 N–H and O–H groups in total. The fraction of sp³-hybridized carbons (Fsp3) is 0.174. The lowest BCUT2D eigenvalue weighted by Gasteiger charge is -2.14. The van der Waals surface area contributed by atoms with Gasteiger partial charge in [-0.15, -0.1) is 0 Å². The maximum absolute atomic E-state index is 10.9. The molecule has 32 heavy (non-hydrogen) atoms. The molecule has 0 radical (unpaired) electrons. The normalized spacial score (nSPS) is 10.8. The fourth-order valence-corrected chi connectivity index (χ4v) is 3.38. The highest BCUT2D eigenvalue weighted by molar-refractivity contribution is 9.10. The minimum absolute atomic E-state index is 0.00607. The van der Waals surface area contributed by atoms with E-state index in [0.717, 1.165) is 15.6 Å². The molecule has 9 heteroatoms. The van der Waals surface area contributed by atoms with Crippen LogP contribution in [-0.4, -0.2) is 17.7 Å². The van der Waals surface area contributed by atoms with Crippen molar-refractivity contribution in [1.29, 1.82) is 0 Å². The molecule has 0 bridgehead atoms. The molecule has 0 fully saturated rings. The first-order valence-electron chi connectivity index (χ1n) is 9.69. The maximum atomic E-state index is 10.9. The zero-order valence-electron chi connectivity index (χ0n) is 17.2. The van der Waals surface area contributed by atoms with Gasteiger partial charge in [0.1, 0.15) is 13.2 Å². The van der Waals surface area contributed by atoms with Gasteiger partial charge in [0.2, 0.25) is 0 Å². The standard InChI is InChI=1S/C23H20BrClN2O5/c1-2-30-22-11-18(13-26-32-14-16-6-5-8-19(10-16)27(28)29)20(24)12-23(22)31-15-17-7-3-4-9-21(17)25/h3-13H,2,14-15H2,1H3/b26-13-. The molecule has 0 aliphatic heterocycles. The molecule has 0 saturated heterocycles. The van der Waals surface area contributed by atoms with E-state index in [9.17, 15) is 10.1 Å². The van der Waals surface area contributed by atoms with Gasteiger partial charge in [-0.05, 0) is 46.6 Å². The zero-order valence-corrected chi connectivity index (χ0v) is 19.5. The summed E-state index contributed by atoms with van der Waals surface area (Å²) in [6, 6.07) is 17.3. The van der Waals surface area contributed by atoms with Gasteiger partial charge in [0.15, 0.2) is 11.5 Å². The van der Waals surface area contributed by atoms with Crippen molar-refractivity contribution < 1.29 is 19.2 Å². The first-order valence-corrected chi connectivity index (χ1v) is 10.9. The lowest BCUT2D eigenvalue weighted by molar-refractivity contribution is -0.384. The summed E-state index contributed by atoms with van der Waals surface area (Å²) in [5, 5.41) is 15.5. The average molecular weight is 520 g/mol. The molecule has 0 unspecified atom stereocenters. The Hall–Kier alpha value is -3.10. The van der Waals surface area contributed by atoms with Gasteiger partial charge in [-0.25, -0.2) is 0 Å². The molecule has 0 heterocycles. The highest BCUT2D eigenvalue weighted by Gasteiger charge is 2.12. The average Bonchev–Trinajstić information content (AvgIpc) is 2.78. The van der Waals surface area contributed by atoms with Crippen LogP contribution in [-0.2, 0) is 18.1 Å². The third kappa shape index (κ3) is 6.45. The van der Waals surface area contributed by atoms with Crippen LogP contribution in [0.5, 0.6) is 11.5 Å². The molecular formula is C23H20BrClN2O5. The number of nitro benzene ring substituents is 1. The van der Waals surface area contributed by atoms with Gasteiger partial charge >= 0.3 is 0 Å². The topological polar surface area (TPSA) is 83.2 Å². The van der Waals surface area contributed by atoms with Crippen LogP contribution in [0, 0.1) is 10.1 Å². The molecule has 0 aliphatic rings. The molecule has 0 atom stereocenters. The number of rotatable bonds is 10. The second-order valence-electron chi connectivity index (χ2n) is 6.57. The summed E-state index contributed by atoms with van der Waals surface area (Å²) in [6.45, 7) is 2.75. The second kappa shape index (κ2) is 11.5. The number of oxime groups is 1. The number of benzene rings is 3. The van der Waals surface area contributed by atoms with Crippen LogP contribution in [0.1, 0.15) is 23.6 Å². The van der Waals surface area contributed by atoms with Gasteiger partial charge < -0.3 is 14.3 Å². The first-order chi connectivity index (χ1) is 15.5. The van der Waals surface area contributed by atoms with E-state index in [0.29, 0.717) is 35.3 Å². The van der Waals surface area contributed by atoms with Gasteiger partial charge in [0.05, 0.1) is 17.7 Å². The Morgan fingerprint density at radius 2 is 1.84 bits per heavy atom. The van der Waals surface area contributed by atoms with Crippen LogP contribution in [0.4, 0.5) is 5.69 Å². The monoisotopic (exact) mass is 518 g/mol. The van der Waals surface area contributed by atoms with Crippen molar-refractivity contribution in [2.24, 2.45) is 5.16 Å². The highest BCUT2D eigenvalue weighted by Crippen LogP contribution is 2.34. The zero-order chi connectivity index (χ0) is 22.9. The SMILES string of the molecule is CCOc1cc(/C=N\OCc2cccc([N+](=O)[O-])c2)c(Br)cc1OCc1ccccc1Cl. The van der Waals surface area contributed by atoms with Gasteiger partial charge in [-0.3, -0.25) is 10.1 Å². The summed E-state index contributed by atoms with van der Waals surface area (Å²) >= 11 is 9.71. The van der Waals surface area contributed by atoms with Crippen LogP contribution < -0.4 is 9.47 Å². The number of hydrogen-bond acceptors (Lipinski definition) is 6. The number of nitro groups is 1. The van der Waals surface area contributed by atoms with E-state index >= 15 is 0 Å². The Kier molecular flexibility index (Phi) is 8.47. The second-order valence-corrected chi connectivity index (χ2v) is 7.83. The molecule has 0 amide bonds. The van der Waals surface area contributed by atoms with E-state index in [4.69, 9.17) is 25.9 Å². The van der Waals surface area contributed by atoms with Crippen LogP contribution in [0.15, 0.2) is 70.3 Å². The van der Waals surface area contributed by atoms with Gasteiger partial charge in [-0.1, -0.05) is 47.1 Å². The minimum atomic E-state index is -0.450. The van der Waals surface area contributed by atoms with E-state index in [1.165, 1.54) is 18.3 Å². The van der Waals surface area contributed by atoms with Crippen LogP contribution in [0.2, 0.25) is 5.02 Å². The molecular weight excluding hydrogens is 500 g/mol. The Labute approximate surface area is 198 Å². The van der Waals surface area contributed by atoms with E-state index in [1.807, 2.05) is 31.2 Å². The Morgan fingerprint density at radius 3 is 2.59 bits per heavy atom. The Bertz CT molecular complexity index is 1120. The highest BCUT2D eigenvalue weighted by atomic mass is 79.9. The van der Waals surface area contributed by atoms with Gasteiger partial charge in [0.25, 0.3) is 5.69 Å². The van der Waals surface area contributed by atoms with Crippen LogP contribution in [0.3, 0.4) is 0 Å². The van der Waals surface area contributed by atoms with Crippen molar-refractivity contribution in [3.05, 3.63) is 97.0 Å². The molecule has 166 valence electrons. The maximum Gasteiger partial charge on any atom is 0.269 e. The van der Waals surface area contributed by atoms with Crippen LogP contribution >= 0.6 is 27.5 Å². The molecule has 7 nitrogen and oxygen atoms in total. The van der Waals surface area contributed by atoms with Crippen LogP contribution in [0.25, 0.3) is 0 Å². The molecule has 3 rings (SSSR count). The summed E-state index contributed by atoms with van der Waals surface area (Å²) in [4.78, 5) is 15.7. The molecule has 3 aromatic rings. The first kappa shape index (κ1) is 23.6. The number of hydrogen-bond donors (Lipinski definition) is 0. The smallest absolute Gasteiger partial charge is 0.269 e. The van der Waals surface area contributed by atoms with E-state index < -0.39 is 4.92 Å². The number of nitrogens with zero attached hydrogens (tertiary/aromatic N) is 2. The predicted molar refractivity (Wildman–Crippen MR) is 127 cm³/mol. The minimum Gasteiger partial charge on any atom is -0.490 e. The molecule has 0 aromatic heterocycles. The third-order valence-corrected chi connectivity index (χ3v) is 5.38. The number of ether oxygens (including phenoxy) is 2. The van der Waals surface area contributed by atoms with Gasteiger partial charge in [-0.2, -0.15) is 0 Å². The fourth-order valence-electron chi connectivity index (χ4n) is 2.77. The van der Waals surface area contributed by atoms with E-state index in [2.05, 4.69) is 21.1 Å². The summed E-state index contributed by atoms with van der Waals surface area (Å²) < 4.78 is 12.4. The largest absolute Gasteiger partial charge is 0.490 e. The Balaban J connectivity index is 1.68. The van der Waals surface area contributed by atoms with Crippen molar-refractivity contribution >= 4 is 39.4 Å². The summed E-state index contributed by atoms with van der Waals surface area (Å²) in [6.07, 6.45) is 1.53. The molecule has 0 spiro atoms. The Morgan fingerprint density at radius 1 is 1.06 bits per heavy atom. The van der Waals surface area contributed by atoms with Gasteiger partial charge in [0, 0.05) is 32.8 Å². The third-order valence-electron chi connectivity index (χ3n) is 4.32. The van der Waals surface area contributed by atoms with Crippen molar-refractivity contribution in [2.75, 3.05) is 6.61 Å².